The summed E-state index contributed by atoms with van der Waals surface area (Å²) < 4.78 is 13.8. The smallest absolute Gasteiger partial charge is 0.251 e. The van der Waals surface area contributed by atoms with Crippen molar-refractivity contribution in [2.75, 3.05) is 25.1 Å². The SMILES string of the molecule is O=C(CNC(=O)c1ccc2nc(-n3cccc3)sc2c1)Nc1ccc2c(c1)OCCO2. The van der Waals surface area contributed by atoms with Crippen molar-refractivity contribution in [2.24, 2.45) is 0 Å². The van der Waals surface area contributed by atoms with E-state index in [1.807, 2.05) is 35.2 Å². The summed E-state index contributed by atoms with van der Waals surface area (Å²) in [6.45, 7) is 0.825. The lowest BCUT2D eigenvalue weighted by Gasteiger charge is -2.19. The van der Waals surface area contributed by atoms with E-state index >= 15 is 0 Å². The first kappa shape index (κ1) is 19.1. The molecular weight excluding hydrogens is 416 g/mol. The normalized spacial score (nSPS) is 12.5. The third-order valence-electron chi connectivity index (χ3n) is 4.70. The Morgan fingerprint density at radius 3 is 2.68 bits per heavy atom. The van der Waals surface area contributed by atoms with Crippen molar-refractivity contribution in [1.82, 2.24) is 14.9 Å². The number of amides is 2. The average Bonchev–Trinajstić information content (AvgIpc) is 3.46. The van der Waals surface area contributed by atoms with E-state index in [1.54, 1.807) is 30.3 Å². The van der Waals surface area contributed by atoms with Gasteiger partial charge in [0.05, 0.1) is 16.8 Å². The van der Waals surface area contributed by atoms with Gasteiger partial charge in [0.25, 0.3) is 5.91 Å². The maximum absolute atomic E-state index is 12.5. The summed E-state index contributed by atoms with van der Waals surface area (Å²) in [6, 6.07) is 14.3. The van der Waals surface area contributed by atoms with Crippen molar-refractivity contribution in [3.8, 4) is 16.6 Å². The number of rotatable bonds is 5. The van der Waals surface area contributed by atoms with Crippen molar-refractivity contribution in [2.45, 2.75) is 0 Å². The van der Waals surface area contributed by atoms with Crippen molar-refractivity contribution in [3.63, 3.8) is 0 Å². The molecule has 2 N–H and O–H groups in total. The van der Waals surface area contributed by atoms with Crippen LogP contribution in [0.25, 0.3) is 15.3 Å². The lowest BCUT2D eigenvalue weighted by atomic mass is 10.2. The molecule has 2 amide bonds. The standard InChI is InChI=1S/C22H18N4O4S/c27-20(24-15-4-6-17-18(12-15)30-10-9-29-17)13-23-21(28)14-3-5-16-19(11-14)31-22(25-16)26-7-1-2-8-26/h1-8,11-12H,9-10,13H2,(H,23,28)(H,24,27). The summed E-state index contributed by atoms with van der Waals surface area (Å²) in [7, 11) is 0. The van der Waals surface area contributed by atoms with Crippen LogP contribution in [0.2, 0.25) is 0 Å². The Balaban J connectivity index is 1.22. The number of thiazole rings is 1. The zero-order valence-corrected chi connectivity index (χ0v) is 17.1. The van der Waals surface area contributed by atoms with Crippen LogP contribution < -0.4 is 20.1 Å². The van der Waals surface area contributed by atoms with E-state index in [-0.39, 0.29) is 18.4 Å². The molecule has 9 heteroatoms. The Labute approximate surface area is 181 Å². The number of carbonyl (C=O) groups excluding carboxylic acids is 2. The lowest BCUT2D eigenvalue weighted by molar-refractivity contribution is -0.115. The molecule has 2 aromatic heterocycles. The average molecular weight is 434 g/mol. The molecule has 4 aromatic rings. The van der Waals surface area contributed by atoms with Gasteiger partial charge < -0.3 is 24.7 Å². The fourth-order valence-corrected chi connectivity index (χ4v) is 4.19. The van der Waals surface area contributed by atoms with Gasteiger partial charge in [-0.25, -0.2) is 4.98 Å². The number of nitrogens with zero attached hydrogens (tertiary/aromatic N) is 2. The molecule has 0 bridgehead atoms. The van der Waals surface area contributed by atoms with Crippen LogP contribution in [0.4, 0.5) is 5.69 Å². The highest BCUT2D eigenvalue weighted by atomic mass is 32.1. The Kier molecular flexibility index (Phi) is 5.01. The molecule has 0 spiro atoms. The molecule has 0 aliphatic carbocycles. The molecule has 3 heterocycles. The van der Waals surface area contributed by atoms with Gasteiger partial charge >= 0.3 is 0 Å². The fourth-order valence-electron chi connectivity index (χ4n) is 3.22. The molecule has 1 aliphatic rings. The van der Waals surface area contributed by atoms with E-state index in [0.717, 1.165) is 15.3 Å². The summed E-state index contributed by atoms with van der Waals surface area (Å²) in [6.07, 6.45) is 3.84. The number of carbonyl (C=O) groups is 2. The van der Waals surface area contributed by atoms with Crippen LogP contribution in [0.5, 0.6) is 11.5 Å². The van der Waals surface area contributed by atoms with Gasteiger partial charge in [0.15, 0.2) is 16.6 Å². The predicted octanol–water partition coefficient (Wildman–Crippen LogP) is 3.23. The first-order chi connectivity index (χ1) is 15.2. The Morgan fingerprint density at radius 2 is 1.84 bits per heavy atom. The third kappa shape index (κ3) is 4.08. The Morgan fingerprint density at radius 1 is 1.03 bits per heavy atom. The predicted molar refractivity (Wildman–Crippen MR) is 117 cm³/mol. The van der Waals surface area contributed by atoms with Gasteiger partial charge in [-0.3, -0.25) is 9.59 Å². The van der Waals surface area contributed by atoms with E-state index in [4.69, 9.17) is 9.47 Å². The minimum Gasteiger partial charge on any atom is -0.486 e. The number of anilines is 1. The van der Waals surface area contributed by atoms with Gasteiger partial charge in [-0.15, -0.1) is 0 Å². The van der Waals surface area contributed by atoms with Crippen molar-refractivity contribution in [1.29, 1.82) is 0 Å². The van der Waals surface area contributed by atoms with E-state index in [2.05, 4.69) is 15.6 Å². The number of ether oxygens (including phenoxy) is 2. The first-order valence-corrected chi connectivity index (χ1v) is 10.5. The number of aromatic nitrogens is 2. The fraction of sp³-hybridized carbons (Fsp3) is 0.136. The van der Waals surface area contributed by atoms with Crippen LogP contribution >= 0.6 is 11.3 Å². The summed E-state index contributed by atoms with van der Waals surface area (Å²) in [4.78, 5) is 29.4. The van der Waals surface area contributed by atoms with Crippen LogP contribution in [0, 0.1) is 0 Å². The largest absolute Gasteiger partial charge is 0.486 e. The number of benzene rings is 2. The molecule has 0 saturated heterocycles. The van der Waals surface area contributed by atoms with Crippen molar-refractivity contribution >= 4 is 39.1 Å². The molecule has 0 atom stereocenters. The number of nitrogens with one attached hydrogen (secondary N) is 2. The molecule has 0 unspecified atom stereocenters. The minimum absolute atomic E-state index is 0.150. The van der Waals surface area contributed by atoms with Gasteiger partial charge in [-0.05, 0) is 42.5 Å². The van der Waals surface area contributed by atoms with E-state index < -0.39 is 0 Å². The quantitative estimate of drug-likeness (QED) is 0.503. The Hall–Kier alpha value is -3.85. The molecule has 0 fully saturated rings. The molecule has 31 heavy (non-hydrogen) atoms. The highest BCUT2D eigenvalue weighted by Gasteiger charge is 2.14. The second kappa shape index (κ2) is 8.11. The summed E-state index contributed by atoms with van der Waals surface area (Å²) in [5.41, 5.74) is 1.87. The number of hydrogen-bond acceptors (Lipinski definition) is 6. The lowest BCUT2D eigenvalue weighted by Crippen LogP contribution is -2.32. The number of fused-ring (bicyclic) bond motifs is 2. The van der Waals surface area contributed by atoms with E-state index in [0.29, 0.717) is 36.0 Å². The van der Waals surface area contributed by atoms with E-state index in [9.17, 15) is 9.59 Å². The first-order valence-electron chi connectivity index (χ1n) is 9.67. The number of hydrogen-bond donors (Lipinski definition) is 2. The maximum Gasteiger partial charge on any atom is 0.251 e. The van der Waals surface area contributed by atoms with Gasteiger partial charge in [0.2, 0.25) is 5.91 Å². The molecule has 0 saturated carbocycles. The van der Waals surface area contributed by atoms with Gasteiger partial charge in [0.1, 0.15) is 13.2 Å². The van der Waals surface area contributed by atoms with Gasteiger partial charge in [-0.2, -0.15) is 0 Å². The van der Waals surface area contributed by atoms with Gasteiger partial charge in [0, 0.05) is 29.7 Å². The zero-order chi connectivity index (χ0) is 21.2. The van der Waals surface area contributed by atoms with Crippen LogP contribution in [-0.4, -0.2) is 41.1 Å². The van der Waals surface area contributed by atoms with Crippen molar-refractivity contribution < 1.29 is 19.1 Å². The topological polar surface area (TPSA) is 94.5 Å². The third-order valence-corrected chi connectivity index (χ3v) is 5.73. The van der Waals surface area contributed by atoms with Gasteiger partial charge in [-0.1, -0.05) is 11.3 Å². The molecule has 5 rings (SSSR count). The molecule has 2 aromatic carbocycles. The summed E-state index contributed by atoms with van der Waals surface area (Å²) >= 11 is 1.49. The molecule has 0 radical (unpaired) electrons. The highest BCUT2D eigenvalue weighted by Crippen LogP contribution is 2.32. The summed E-state index contributed by atoms with van der Waals surface area (Å²) in [5.74, 6) is 0.579. The zero-order valence-electron chi connectivity index (χ0n) is 16.3. The summed E-state index contributed by atoms with van der Waals surface area (Å²) in [5, 5.41) is 6.23. The molecule has 156 valence electrons. The molecule has 1 aliphatic heterocycles. The van der Waals surface area contributed by atoms with Crippen LogP contribution in [0.3, 0.4) is 0 Å². The van der Waals surface area contributed by atoms with Crippen LogP contribution in [-0.2, 0) is 4.79 Å². The second-order valence-electron chi connectivity index (χ2n) is 6.86. The molecular formula is C22H18N4O4S. The molecule has 8 nitrogen and oxygen atoms in total. The second-order valence-corrected chi connectivity index (χ2v) is 7.87. The monoisotopic (exact) mass is 434 g/mol. The Bertz CT molecular complexity index is 1270. The van der Waals surface area contributed by atoms with Crippen LogP contribution in [0.1, 0.15) is 10.4 Å². The highest BCUT2D eigenvalue weighted by molar-refractivity contribution is 7.20. The van der Waals surface area contributed by atoms with E-state index in [1.165, 1.54) is 11.3 Å². The van der Waals surface area contributed by atoms with Crippen molar-refractivity contribution in [3.05, 3.63) is 66.5 Å². The minimum atomic E-state index is -0.334. The maximum atomic E-state index is 12.5. The van der Waals surface area contributed by atoms with Crippen LogP contribution in [0.15, 0.2) is 60.9 Å².